The van der Waals surface area contributed by atoms with Crippen molar-refractivity contribution in [3.8, 4) is 5.75 Å². The average molecular weight is 318 g/mol. The van der Waals surface area contributed by atoms with Crippen LogP contribution in [0.25, 0.3) is 0 Å². The molecule has 0 aliphatic heterocycles. The molecule has 1 heterocycles. The number of ether oxygens (including phenoxy) is 1. The number of hydrogen-bond donors (Lipinski definition) is 1. The van der Waals surface area contributed by atoms with Gasteiger partial charge in [0.15, 0.2) is 0 Å². The van der Waals surface area contributed by atoms with Gasteiger partial charge in [-0.1, -0.05) is 40.7 Å². The van der Waals surface area contributed by atoms with Gasteiger partial charge in [0.05, 0.1) is 5.02 Å². The summed E-state index contributed by atoms with van der Waals surface area (Å²) in [6, 6.07) is 5.28. The van der Waals surface area contributed by atoms with Crippen molar-refractivity contribution in [3.05, 3.63) is 33.9 Å². The molecule has 2 aromatic rings. The zero-order valence-electron chi connectivity index (χ0n) is 10.3. The molecule has 1 N–H and O–H groups in total. The standard InChI is InChI=1S/C12H13Cl2N3OS/c1-2-6-15-12-9(16-17-19-12)7-18-10-5-3-4-8(13)11(10)14/h3-5,15H,2,6-7H2,1H3. The number of hydrogen-bond acceptors (Lipinski definition) is 5. The highest BCUT2D eigenvalue weighted by Gasteiger charge is 2.10. The highest BCUT2D eigenvalue weighted by molar-refractivity contribution is 7.10. The molecule has 0 atom stereocenters. The number of halogens is 2. The average Bonchev–Trinajstić information content (AvgIpc) is 2.85. The van der Waals surface area contributed by atoms with Crippen molar-refractivity contribution in [3.63, 3.8) is 0 Å². The Bertz CT molecular complexity index is 548. The zero-order chi connectivity index (χ0) is 13.7. The molecule has 0 aliphatic carbocycles. The van der Waals surface area contributed by atoms with E-state index in [4.69, 9.17) is 27.9 Å². The molecule has 1 aromatic heterocycles. The Morgan fingerprint density at radius 3 is 3.00 bits per heavy atom. The predicted molar refractivity (Wildman–Crippen MR) is 79.5 cm³/mol. The maximum Gasteiger partial charge on any atom is 0.140 e. The van der Waals surface area contributed by atoms with Gasteiger partial charge in [0.2, 0.25) is 0 Å². The zero-order valence-corrected chi connectivity index (χ0v) is 12.6. The summed E-state index contributed by atoms with van der Waals surface area (Å²) < 4.78 is 9.55. The maximum absolute atomic E-state index is 6.05. The first-order valence-corrected chi connectivity index (χ1v) is 7.37. The second-order valence-electron chi connectivity index (χ2n) is 3.82. The topological polar surface area (TPSA) is 47.0 Å². The van der Waals surface area contributed by atoms with Crippen molar-refractivity contribution in [1.82, 2.24) is 9.59 Å². The van der Waals surface area contributed by atoms with Crippen LogP contribution in [0.15, 0.2) is 18.2 Å². The molecule has 4 nitrogen and oxygen atoms in total. The third-order valence-corrected chi connectivity index (χ3v) is 3.90. The van der Waals surface area contributed by atoms with E-state index in [1.165, 1.54) is 11.5 Å². The van der Waals surface area contributed by atoms with Crippen LogP contribution < -0.4 is 10.1 Å². The SMILES string of the molecule is CCCNc1snnc1COc1cccc(Cl)c1Cl. The predicted octanol–water partition coefficient (Wildman–Crippen LogP) is 4.25. The molecular formula is C12H13Cl2N3OS. The first kappa shape index (κ1) is 14.4. The fraction of sp³-hybridized carbons (Fsp3) is 0.333. The number of nitrogens with one attached hydrogen (secondary N) is 1. The molecule has 0 saturated heterocycles. The second-order valence-corrected chi connectivity index (χ2v) is 5.36. The van der Waals surface area contributed by atoms with Gasteiger partial charge >= 0.3 is 0 Å². The summed E-state index contributed by atoms with van der Waals surface area (Å²) in [5.41, 5.74) is 0.773. The van der Waals surface area contributed by atoms with Gasteiger partial charge in [-0.3, -0.25) is 0 Å². The number of benzene rings is 1. The normalized spacial score (nSPS) is 10.5. The Kier molecular flexibility index (Phi) is 5.24. The Morgan fingerprint density at radius 2 is 2.21 bits per heavy atom. The van der Waals surface area contributed by atoms with Crippen LogP contribution in [0.5, 0.6) is 5.75 Å². The molecule has 0 radical (unpaired) electrons. The molecule has 19 heavy (non-hydrogen) atoms. The molecule has 0 aliphatic rings. The molecule has 0 amide bonds. The summed E-state index contributed by atoms with van der Waals surface area (Å²) in [6.45, 7) is 3.29. The molecule has 2 rings (SSSR count). The van der Waals surface area contributed by atoms with Crippen LogP contribution in [0.1, 0.15) is 19.0 Å². The smallest absolute Gasteiger partial charge is 0.140 e. The molecule has 0 saturated carbocycles. The van der Waals surface area contributed by atoms with Crippen molar-refractivity contribution in [2.75, 3.05) is 11.9 Å². The lowest BCUT2D eigenvalue weighted by Crippen LogP contribution is -2.03. The summed E-state index contributed by atoms with van der Waals surface area (Å²) in [6.07, 6.45) is 1.04. The quantitative estimate of drug-likeness (QED) is 0.865. The summed E-state index contributed by atoms with van der Waals surface area (Å²) in [5.74, 6) is 0.545. The molecular weight excluding hydrogens is 305 g/mol. The fourth-order valence-corrected chi connectivity index (χ4v) is 2.36. The van der Waals surface area contributed by atoms with Crippen LogP contribution in [0.3, 0.4) is 0 Å². The van der Waals surface area contributed by atoms with Crippen LogP contribution in [0.2, 0.25) is 10.0 Å². The van der Waals surface area contributed by atoms with Gasteiger partial charge in [0.25, 0.3) is 0 Å². The van der Waals surface area contributed by atoms with Gasteiger partial charge in [0, 0.05) is 18.1 Å². The van der Waals surface area contributed by atoms with Gasteiger partial charge in [-0.25, -0.2) is 0 Å². The van der Waals surface area contributed by atoms with Crippen molar-refractivity contribution >= 4 is 39.7 Å². The van der Waals surface area contributed by atoms with Crippen molar-refractivity contribution < 1.29 is 4.74 Å². The van der Waals surface area contributed by atoms with E-state index in [-0.39, 0.29) is 0 Å². The molecule has 1 aromatic carbocycles. The monoisotopic (exact) mass is 317 g/mol. The second kappa shape index (κ2) is 6.93. The van der Waals surface area contributed by atoms with Gasteiger partial charge in [0.1, 0.15) is 28.1 Å². The van der Waals surface area contributed by atoms with E-state index in [1.54, 1.807) is 18.2 Å². The first-order chi connectivity index (χ1) is 9.22. The summed E-state index contributed by atoms with van der Waals surface area (Å²) >= 11 is 13.3. The minimum atomic E-state index is 0.308. The summed E-state index contributed by atoms with van der Waals surface area (Å²) in [7, 11) is 0. The fourth-order valence-electron chi connectivity index (χ4n) is 1.42. The van der Waals surface area contributed by atoms with Crippen LogP contribution in [-0.4, -0.2) is 16.1 Å². The van der Waals surface area contributed by atoms with E-state index in [1.807, 2.05) is 0 Å². The molecule has 0 fully saturated rings. The van der Waals surface area contributed by atoms with Crippen LogP contribution in [0, 0.1) is 0 Å². The number of aromatic nitrogens is 2. The summed E-state index contributed by atoms with van der Waals surface area (Å²) in [4.78, 5) is 0. The van der Waals surface area contributed by atoms with Gasteiger partial charge < -0.3 is 10.1 Å². The van der Waals surface area contributed by atoms with Crippen molar-refractivity contribution in [1.29, 1.82) is 0 Å². The van der Waals surface area contributed by atoms with Gasteiger partial charge in [-0.2, -0.15) is 0 Å². The minimum Gasteiger partial charge on any atom is -0.485 e. The molecule has 0 spiro atoms. The maximum atomic E-state index is 6.05. The largest absolute Gasteiger partial charge is 0.485 e. The first-order valence-electron chi connectivity index (χ1n) is 5.84. The van der Waals surface area contributed by atoms with E-state index in [0.29, 0.717) is 22.4 Å². The molecule has 0 bridgehead atoms. The lowest BCUT2D eigenvalue weighted by molar-refractivity contribution is 0.302. The highest BCUT2D eigenvalue weighted by Crippen LogP contribution is 2.32. The van der Waals surface area contributed by atoms with Crippen LogP contribution in [-0.2, 0) is 6.61 Å². The highest BCUT2D eigenvalue weighted by atomic mass is 35.5. The van der Waals surface area contributed by atoms with E-state index in [0.717, 1.165) is 23.7 Å². The Balaban J connectivity index is 2.02. The Labute approximate surface area is 125 Å². The summed E-state index contributed by atoms with van der Waals surface area (Å²) in [5, 5.41) is 9.12. The van der Waals surface area contributed by atoms with Crippen LogP contribution >= 0.6 is 34.7 Å². The third kappa shape index (κ3) is 3.72. The van der Waals surface area contributed by atoms with Crippen molar-refractivity contribution in [2.24, 2.45) is 0 Å². The van der Waals surface area contributed by atoms with Crippen molar-refractivity contribution in [2.45, 2.75) is 20.0 Å². The Hall–Kier alpha value is -1.04. The van der Waals surface area contributed by atoms with Crippen LogP contribution in [0.4, 0.5) is 5.00 Å². The Morgan fingerprint density at radius 1 is 1.37 bits per heavy atom. The lowest BCUT2D eigenvalue weighted by Gasteiger charge is -2.08. The lowest BCUT2D eigenvalue weighted by atomic mass is 10.3. The number of nitrogens with zero attached hydrogens (tertiary/aromatic N) is 2. The molecule has 0 unspecified atom stereocenters. The third-order valence-electron chi connectivity index (χ3n) is 2.37. The van der Waals surface area contributed by atoms with E-state index < -0.39 is 0 Å². The van der Waals surface area contributed by atoms with E-state index in [2.05, 4.69) is 21.8 Å². The van der Waals surface area contributed by atoms with E-state index in [9.17, 15) is 0 Å². The molecule has 7 heteroatoms. The van der Waals surface area contributed by atoms with E-state index >= 15 is 0 Å². The number of anilines is 1. The van der Waals surface area contributed by atoms with Gasteiger partial charge in [-0.05, 0) is 18.6 Å². The number of rotatable bonds is 6. The van der Waals surface area contributed by atoms with Gasteiger partial charge in [-0.15, -0.1) is 5.10 Å². The molecule has 102 valence electrons. The minimum absolute atomic E-state index is 0.308.